The van der Waals surface area contributed by atoms with Crippen molar-refractivity contribution in [3.8, 4) is 0 Å². The second kappa shape index (κ2) is 5.91. The van der Waals surface area contributed by atoms with Gasteiger partial charge in [0.25, 0.3) is 0 Å². The van der Waals surface area contributed by atoms with Crippen LogP contribution in [-0.2, 0) is 15.6 Å². The average molecular weight is 226 g/mol. The molecule has 3 heteroatoms. The number of hydrogen-bond acceptors (Lipinski definition) is 2. The molecule has 0 saturated heterocycles. The molecule has 0 spiro atoms. The van der Waals surface area contributed by atoms with E-state index in [0.29, 0.717) is 5.75 Å². The van der Waals surface area contributed by atoms with Gasteiger partial charge < -0.3 is 0 Å². The van der Waals surface area contributed by atoms with E-state index in [1.807, 2.05) is 30.3 Å². The smallest absolute Gasteiger partial charge is 0.154 e. The van der Waals surface area contributed by atoms with E-state index in [-0.39, 0.29) is 5.75 Å². The summed E-state index contributed by atoms with van der Waals surface area (Å²) in [5, 5.41) is 0. The van der Waals surface area contributed by atoms with E-state index in [4.69, 9.17) is 0 Å². The molecule has 0 unspecified atom stereocenters. The summed E-state index contributed by atoms with van der Waals surface area (Å²) in [4.78, 5) is 0. The molecule has 0 atom stereocenters. The molecule has 0 aliphatic rings. The molecular weight excluding hydrogens is 208 g/mol. The fraction of sp³-hybridized carbons (Fsp3) is 0.500. The third kappa shape index (κ3) is 4.98. The van der Waals surface area contributed by atoms with Gasteiger partial charge in [-0.3, -0.25) is 0 Å². The summed E-state index contributed by atoms with van der Waals surface area (Å²) >= 11 is 0. The van der Waals surface area contributed by atoms with Gasteiger partial charge in [0.1, 0.15) is 0 Å². The summed E-state index contributed by atoms with van der Waals surface area (Å²) in [7, 11) is -2.91. The van der Waals surface area contributed by atoms with Crippen LogP contribution in [0.25, 0.3) is 0 Å². The minimum Gasteiger partial charge on any atom is -0.228 e. The van der Waals surface area contributed by atoms with Crippen molar-refractivity contribution in [2.45, 2.75) is 31.9 Å². The van der Waals surface area contributed by atoms with Crippen LogP contribution in [0.3, 0.4) is 0 Å². The summed E-state index contributed by atoms with van der Waals surface area (Å²) in [6.45, 7) is 2.07. The van der Waals surface area contributed by atoms with Gasteiger partial charge in [0, 0.05) is 0 Å². The normalized spacial score (nSPS) is 11.5. The second-order valence-corrected chi connectivity index (χ2v) is 5.97. The van der Waals surface area contributed by atoms with Gasteiger partial charge in [-0.25, -0.2) is 8.42 Å². The molecule has 0 aromatic heterocycles. The number of hydrogen-bond donors (Lipinski definition) is 0. The van der Waals surface area contributed by atoms with Crippen molar-refractivity contribution < 1.29 is 8.42 Å². The lowest BCUT2D eigenvalue weighted by molar-refractivity contribution is 0.590. The van der Waals surface area contributed by atoms with Crippen molar-refractivity contribution in [3.63, 3.8) is 0 Å². The molecule has 0 bridgehead atoms. The Morgan fingerprint density at radius 2 is 1.73 bits per heavy atom. The Morgan fingerprint density at radius 3 is 2.33 bits per heavy atom. The van der Waals surface area contributed by atoms with E-state index in [1.165, 1.54) is 0 Å². The topological polar surface area (TPSA) is 34.1 Å². The quantitative estimate of drug-likeness (QED) is 0.699. The van der Waals surface area contributed by atoms with Crippen LogP contribution in [0.4, 0.5) is 0 Å². The van der Waals surface area contributed by atoms with Gasteiger partial charge in [-0.05, 0) is 12.0 Å². The highest BCUT2D eigenvalue weighted by atomic mass is 32.2. The molecule has 0 amide bonds. The fourth-order valence-corrected chi connectivity index (χ4v) is 2.96. The molecule has 1 aromatic carbocycles. The first-order valence-electron chi connectivity index (χ1n) is 5.38. The van der Waals surface area contributed by atoms with Crippen LogP contribution in [-0.4, -0.2) is 14.2 Å². The Kier molecular flexibility index (Phi) is 4.82. The van der Waals surface area contributed by atoms with Crippen LogP contribution in [0, 0.1) is 0 Å². The van der Waals surface area contributed by atoms with E-state index >= 15 is 0 Å². The summed E-state index contributed by atoms with van der Waals surface area (Å²) in [5.41, 5.74) is 0.883. The standard InChI is InChI=1S/C12H18O2S/c1-2-3-7-10-15(13,14)11-12-8-5-4-6-9-12/h4-6,8-9H,2-3,7,10-11H2,1H3. The predicted octanol–water partition coefficient (Wildman–Crippen LogP) is 2.79. The first-order chi connectivity index (χ1) is 7.14. The second-order valence-electron chi connectivity index (χ2n) is 3.78. The van der Waals surface area contributed by atoms with E-state index in [2.05, 4.69) is 6.92 Å². The maximum atomic E-state index is 11.7. The molecule has 0 saturated carbocycles. The summed E-state index contributed by atoms with van der Waals surface area (Å²) in [5.74, 6) is 0.493. The SMILES string of the molecule is CCCCCS(=O)(=O)Cc1ccccc1. The Morgan fingerprint density at radius 1 is 1.07 bits per heavy atom. The van der Waals surface area contributed by atoms with E-state index in [0.717, 1.165) is 24.8 Å². The third-order valence-electron chi connectivity index (χ3n) is 2.29. The largest absolute Gasteiger partial charge is 0.228 e. The molecule has 2 nitrogen and oxygen atoms in total. The summed E-state index contributed by atoms with van der Waals surface area (Å²) < 4.78 is 23.3. The molecule has 0 fully saturated rings. The maximum Gasteiger partial charge on any atom is 0.154 e. The highest BCUT2D eigenvalue weighted by Gasteiger charge is 2.10. The van der Waals surface area contributed by atoms with Gasteiger partial charge in [0.05, 0.1) is 11.5 Å². The van der Waals surface area contributed by atoms with Gasteiger partial charge in [-0.2, -0.15) is 0 Å². The van der Waals surface area contributed by atoms with Crippen LogP contribution >= 0.6 is 0 Å². The molecular formula is C12H18O2S. The Labute approximate surface area is 92.2 Å². The van der Waals surface area contributed by atoms with Crippen molar-refractivity contribution in [2.24, 2.45) is 0 Å². The van der Waals surface area contributed by atoms with Crippen LogP contribution in [0.1, 0.15) is 31.7 Å². The van der Waals surface area contributed by atoms with Crippen molar-refractivity contribution in [2.75, 3.05) is 5.75 Å². The van der Waals surface area contributed by atoms with Crippen LogP contribution in [0.5, 0.6) is 0 Å². The molecule has 1 aromatic rings. The third-order valence-corrected chi connectivity index (χ3v) is 3.97. The molecule has 15 heavy (non-hydrogen) atoms. The monoisotopic (exact) mass is 226 g/mol. The molecule has 0 heterocycles. The lowest BCUT2D eigenvalue weighted by atomic mass is 10.2. The van der Waals surface area contributed by atoms with Crippen LogP contribution in [0.2, 0.25) is 0 Å². The molecule has 1 rings (SSSR count). The molecule has 0 aliphatic carbocycles. The first kappa shape index (κ1) is 12.2. The number of benzene rings is 1. The van der Waals surface area contributed by atoms with Crippen molar-refractivity contribution >= 4 is 9.84 Å². The van der Waals surface area contributed by atoms with Gasteiger partial charge in [0.2, 0.25) is 0 Å². The van der Waals surface area contributed by atoms with Gasteiger partial charge in [-0.1, -0.05) is 50.1 Å². The van der Waals surface area contributed by atoms with Gasteiger partial charge in [-0.15, -0.1) is 0 Å². The number of sulfone groups is 1. The van der Waals surface area contributed by atoms with Crippen molar-refractivity contribution in [1.82, 2.24) is 0 Å². The van der Waals surface area contributed by atoms with Gasteiger partial charge >= 0.3 is 0 Å². The average Bonchev–Trinajstić information content (AvgIpc) is 2.18. The van der Waals surface area contributed by atoms with Gasteiger partial charge in [0.15, 0.2) is 9.84 Å². The molecule has 0 N–H and O–H groups in total. The Hall–Kier alpha value is -0.830. The van der Waals surface area contributed by atoms with E-state index in [1.54, 1.807) is 0 Å². The predicted molar refractivity (Wildman–Crippen MR) is 63.5 cm³/mol. The lowest BCUT2D eigenvalue weighted by Gasteiger charge is -2.03. The Bertz CT molecular complexity index is 368. The van der Waals surface area contributed by atoms with E-state index in [9.17, 15) is 8.42 Å². The van der Waals surface area contributed by atoms with Crippen LogP contribution < -0.4 is 0 Å². The number of rotatable bonds is 6. The Balaban J connectivity index is 2.50. The number of unbranched alkanes of at least 4 members (excludes halogenated alkanes) is 2. The van der Waals surface area contributed by atoms with Crippen molar-refractivity contribution in [3.05, 3.63) is 35.9 Å². The van der Waals surface area contributed by atoms with Crippen molar-refractivity contribution in [1.29, 1.82) is 0 Å². The zero-order chi connectivity index (χ0) is 11.1. The lowest BCUT2D eigenvalue weighted by Crippen LogP contribution is -2.09. The summed E-state index contributed by atoms with van der Waals surface area (Å²) in [6.07, 6.45) is 2.83. The fourth-order valence-electron chi connectivity index (χ4n) is 1.47. The molecule has 0 aliphatic heterocycles. The highest BCUT2D eigenvalue weighted by Crippen LogP contribution is 2.08. The van der Waals surface area contributed by atoms with Crippen LogP contribution in [0.15, 0.2) is 30.3 Å². The zero-order valence-electron chi connectivity index (χ0n) is 9.15. The van der Waals surface area contributed by atoms with E-state index < -0.39 is 9.84 Å². The minimum absolute atomic E-state index is 0.178. The highest BCUT2D eigenvalue weighted by molar-refractivity contribution is 7.90. The summed E-state index contributed by atoms with van der Waals surface area (Å²) in [6, 6.07) is 9.36. The maximum absolute atomic E-state index is 11.7. The zero-order valence-corrected chi connectivity index (χ0v) is 9.96. The molecule has 0 radical (unpaired) electrons. The minimum atomic E-state index is -2.91. The first-order valence-corrected chi connectivity index (χ1v) is 7.20. The molecule has 84 valence electrons.